The number of amides is 3. The first-order valence-corrected chi connectivity index (χ1v) is 15.8. The van der Waals surface area contributed by atoms with Crippen molar-refractivity contribution >= 4 is 29.0 Å². The van der Waals surface area contributed by atoms with Crippen LogP contribution in [0.5, 0.6) is 0 Å². The van der Waals surface area contributed by atoms with Gasteiger partial charge in [0.2, 0.25) is 5.91 Å². The largest absolute Gasteiger partial charge is 0.445 e. The summed E-state index contributed by atoms with van der Waals surface area (Å²) in [6.45, 7) is 13.5. The molecule has 248 valence electrons. The molecule has 46 heavy (non-hydrogen) atoms. The molecule has 0 saturated carbocycles. The lowest BCUT2D eigenvalue weighted by Crippen LogP contribution is -2.57. The molecule has 0 radical (unpaired) electrons. The molecule has 1 aromatic heterocycles. The maximum absolute atomic E-state index is 14.5. The molecule has 2 aliphatic heterocycles. The van der Waals surface area contributed by atoms with Gasteiger partial charge in [-0.15, -0.1) is 0 Å². The lowest BCUT2D eigenvalue weighted by molar-refractivity contribution is -0.142. The number of alkyl carbamates (subject to hydrolysis) is 1. The van der Waals surface area contributed by atoms with Gasteiger partial charge < -0.3 is 34.3 Å². The van der Waals surface area contributed by atoms with Crippen molar-refractivity contribution in [3.05, 3.63) is 71.7 Å². The van der Waals surface area contributed by atoms with Crippen LogP contribution in [0.2, 0.25) is 0 Å². The van der Waals surface area contributed by atoms with Crippen molar-refractivity contribution in [2.45, 2.75) is 103 Å². The second-order valence-electron chi connectivity index (χ2n) is 14.2. The number of carbonyl (C=O) groups excluding carboxylic acids is 3. The number of fused-ring (bicyclic) bond motifs is 2. The molecular weight excluding hydrogens is 591 g/mol. The average Bonchev–Trinajstić information content (AvgIpc) is 3.67. The van der Waals surface area contributed by atoms with Crippen LogP contribution < -0.4 is 5.32 Å². The van der Waals surface area contributed by atoms with Gasteiger partial charge in [0, 0.05) is 36.1 Å². The van der Waals surface area contributed by atoms with Gasteiger partial charge in [0.25, 0.3) is 0 Å². The summed E-state index contributed by atoms with van der Waals surface area (Å²) in [5.74, 6) is -0.996. The number of hydrogen-bond acceptors (Lipinski definition) is 6. The van der Waals surface area contributed by atoms with Crippen LogP contribution in [-0.4, -0.2) is 81.4 Å². The van der Waals surface area contributed by atoms with E-state index < -0.39 is 41.6 Å². The third-order valence-corrected chi connectivity index (χ3v) is 8.37. The fraction of sp³-hybridized carbons (Fsp3) is 0.514. The molecule has 10 nitrogen and oxygen atoms in total. The van der Waals surface area contributed by atoms with E-state index in [1.807, 2.05) is 57.3 Å². The minimum absolute atomic E-state index is 0.122. The minimum atomic E-state index is -1.05. The number of benzene rings is 2. The first-order valence-electron chi connectivity index (χ1n) is 15.8. The van der Waals surface area contributed by atoms with Gasteiger partial charge in [-0.1, -0.05) is 30.3 Å². The normalized spacial score (nSPS) is 21.2. The van der Waals surface area contributed by atoms with Crippen molar-refractivity contribution in [1.29, 1.82) is 0 Å². The summed E-state index contributed by atoms with van der Waals surface area (Å²) in [4.78, 5) is 47.7. The second kappa shape index (κ2) is 12.9. The van der Waals surface area contributed by atoms with E-state index in [0.717, 1.165) is 16.5 Å². The van der Waals surface area contributed by atoms with E-state index in [1.165, 1.54) is 12.1 Å². The second-order valence-corrected chi connectivity index (χ2v) is 14.2. The van der Waals surface area contributed by atoms with Crippen molar-refractivity contribution in [2.75, 3.05) is 13.1 Å². The maximum Gasteiger partial charge on any atom is 0.410 e. The monoisotopic (exact) mass is 636 g/mol. The summed E-state index contributed by atoms with van der Waals surface area (Å²) in [5.41, 5.74) is 1.02. The Hall–Kier alpha value is -4.12. The number of H-pyrrole nitrogens is 1. The average molecular weight is 637 g/mol. The number of aromatic amines is 1. The molecule has 3 amide bonds. The Balaban J connectivity index is 1.47. The summed E-state index contributed by atoms with van der Waals surface area (Å²) >= 11 is 0. The number of ether oxygens (including phenoxy) is 3. The Morgan fingerprint density at radius 1 is 1.02 bits per heavy atom. The fourth-order valence-corrected chi connectivity index (χ4v) is 6.68. The quantitative estimate of drug-likeness (QED) is 0.324. The van der Waals surface area contributed by atoms with Crippen molar-refractivity contribution in [3.63, 3.8) is 0 Å². The smallest absolute Gasteiger partial charge is 0.410 e. The third kappa shape index (κ3) is 7.46. The van der Waals surface area contributed by atoms with Crippen molar-refractivity contribution in [2.24, 2.45) is 0 Å². The molecule has 3 heterocycles. The van der Waals surface area contributed by atoms with Gasteiger partial charge in [-0.25, -0.2) is 14.0 Å². The Morgan fingerprint density at radius 2 is 1.74 bits per heavy atom. The highest BCUT2D eigenvalue weighted by Gasteiger charge is 2.54. The van der Waals surface area contributed by atoms with Crippen molar-refractivity contribution in [1.82, 2.24) is 20.1 Å². The van der Waals surface area contributed by atoms with E-state index in [9.17, 15) is 18.8 Å². The number of aromatic nitrogens is 1. The van der Waals surface area contributed by atoms with Gasteiger partial charge in [-0.3, -0.25) is 4.79 Å². The highest BCUT2D eigenvalue weighted by Crippen LogP contribution is 2.44. The molecule has 0 spiro atoms. The number of nitrogens with one attached hydrogen (secondary N) is 2. The van der Waals surface area contributed by atoms with Crippen LogP contribution in [0.1, 0.15) is 71.9 Å². The Bertz CT molecular complexity index is 1560. The van der Waals surface area contributed by atoms with E-state index in [4.69, 9.17) is 14.2 Å². The van der Waals surface area contributed by atoms with Crippen LogP contribution in [0.4, 0.5) is 14.0 Å². The number of nitrogens with zero attached hydrogens (tertiary/aromatic N) is 2. The standard InChI is InChI=1S/C35H45FN4O6/c1-21(45-34(2,3)4)29(38-32(42)46-35(5,6)7)31(41)39-16-15-28-30(39)26(25-18-37-27-17-23(36)13-14-24(25)27)19-40(28)33(43)44-20-22-11-9-8-10-12-22/h8-14,17-18,21,26,28-30,37H,15-16,19-20H2,1-7H3,(H,38,42)/t21?,26-,28-,29?,30-/m1/s1. The number of carbonyl (C=O) groups is 3. The molecule has 3 aromatic rings. The lowest BCUT2D eigenvalue weighted by atomic mass is 9.91. The molecule has 2 unspecified atom stereocenters. The van der Waals surface area contributed by atoms with E-state index in [-0.39, 0.29) is 30.3 Å². The molecule has 0 aliphatic carbocycles. The van der Waals surface area contributed by atoms with Gasteiger partial charge in [0.05, 0.1) is 23.8 Å². The number of rotatable bonds is 7. The molecule has 2 saturated heterocycles. The first kappa shape index (κ1) is 33.2. The van der Waals surface area contributed by atoms with E-state index in [2.05, 4.69) is 10.3 Å². The molecule has 2 N–H and O–H groups in total. The third-order valence-electron chi connectivity index (χ3n) is 8.37. The van der Waals surface area contributed by atoms with Gasteiger partial charge in [0.15, 0.2) is 0 Å². The molecule has 2 aromatic carbocycles. The van der Waals surface area contributed by atoms with Crippen LogP contribution in [0.25, 0.3) is 10.9 Å². The van der Waals surface area contributed by atoms with Gasteiger partial charge in [-0.05, 0) is 84.2 Å². The van der Waals surface area contributed by atoms with E-state index >= 15 is 0 Å². The molecule has 0 bridgehead atoms. The van der Waals surface area contributed by atoms with Crippen LogP contribution in [0, 0.1) is 5.82 Å². The van der Waals surface area contributed by atoms with Crippen LogP contribution >= 0.6 is 0 Å². The first-order chi connectivity index (χ1) is 21.6. The topological polar surface area (TPSA) is 113 Å². The maximum atomic E-state index is 14.5. The zero-order valence-electron chi connectivity index (χ0n) is 27.6. The minimum Gasteiger partial charge on any atom is -0.445 e. The molecule has 11 heteroatoms. The number of halogens is 1. The highest BCUT2D eigenvalue weighted by atomic mass is 19.1. The predicted octanol–water partition coefficient (Wildman–Crippen LogP) is 6.11. The van der Waals surface area contributed by atoms with Crippen molar-refractivity contribution < 1.29 is 33.0 Å². The molecule has 5 rings (SSSR count). The van der Waals surface area contributed by atoms with Gasteiger partial charge in [-0.2, -0.15) is 0 Å². The van der Waals surface area contributed by atoms with Crippen LogP contribution in [-0.2, 0) is 25.6 Å². The zero-order chi connectivity index (χ0) is 33.4. The molecule has 2 aliphatic rings. The van der Waals surface area contributed by atoms with E-state index in [0.29, 0.717) is 25.0 Å². The van der Waals surface area contributed by atoms with Crippen LogP contribution in [0.15, 0.2) is 54.7 Å². The van der Waals surface area contributed by atoms with Gasteiger partial charge in [0.1, 0.15) is 24.1 Å². The Labute approximate surface area is 269 Å². The summed E-state index contributed by atoms with van der Waals surface area (Å²) in [5, 5.41) is 3.60. The summed E-state index contributed by atoms with van der Waals surface area (Å²) in [7, 11) is 0. The van der Waals surface area contributed by atoms with Gasteiger partial charge >= 0.3 is 12.2 Å². The summed E-state index contributed by atoms with van der Waals surface area (Å²) in [6.07, 6.45) is 0.473. The molecule has 5 atom stereocenters. The van der Waals surface area contributed by atoms with Crippen LogP contribution in [0.3, 0.4) is 0 Å². The predicted molar refractivity (Wildman–Crippen MR) is 172 cm³/mol. The fourth-order valence-electron chi connectivity index (χ4n) is 6.68. The van der Waals surface area contributed by atoms with Crippen molar-refractivity contribution in [3.8, 4) is 0 Å². The summed E-state index contributed by atoms with van der Waals surface area (Å²) in [6, 6.07) is 12.2. The number of likely N-dealkylation sites (tertiary alicyclic amines) is 2. The summed E-state index contributed by atoms with van der Waals surface area (Å²) < 4.78 is 31.5. The van der Waals surface area contributed by atoms with E-state index in [1.54, 1.807) is 43.6 Å². The SMILES string of the molecule is CC(OC(C)(C)C)C(NC(=O)OC(C)(C)C)C(=O)N1CC[C@@H]2[C@H]1[C@@H](c1c[nH]c3cc(F)ccc13)CN2C(=O)OCc1ccccc1. The Kier molecular flexibility index (Phi) is 9.35. The number of hydrogen-bond donors (Lipinski definition) is 2. The lowest BCUT2D eigenvalue weighted by Gasteiger charge is -2.36. The zero-order valence-corrected chi connectivity index (χ0v) is 27.6. The Morgan fingerprint density at radius 3 is 2.41 bits per heavy atom. The molecular formula is C35H45FN4O6. The molecule has 2 fully saturated rings. The highest BCUT2D eigenvalue weighted by molar-refractivity contribution is 5.88.